The lowest BCUT2D eigenvalue weighted by molar-refractivity contribution is -0.122. The maximum absolute atomic E-state index is 11.5. The second-order valence-corrected chi connectivity index (χ2v) is 5.30. The van der Waals surface area contributed by atoms with Crippen LogP contribution in [0.5, 0.6) is 0 Å². The van der Waals surface area contributed by atoms with Crippen LogP contribution in [0.1, 0.15) is 31.3 Å². The molecule has 6 nitrogen and oxygen atoms in total. The number of β-lactam (4-membered cyclic amide) rings is 1. The van der Waals surface area contributed by atoms with Gasteiger partial charge in [-0.05, 0) is 25.0 Å². The Kier molecular flexibility index (Phi) is 2.96. The maximum atomic E-state index is 11.5. The van der Waals surface area contributed by atoms with Crippen LogP contribution in [0.3, 0.4) is 0 Å². The monoisotopic (exact) mass is 285 g/mol. The van der Waals surface area contributed by atoms with Crippen LogP contribution in [0.25, 0.3) is 11.4 Å². The van der Waals surface area contributed by atoms with Gasteiger partial charge in [0.1, 0.15) is 6.10 Å². The number of anilines is 1. The molecule has 0 spiro atoms. The first-order valence-electron chi connectivity index (χ1n) is 7.17. The Labute approximate surface area is 121 Å². The summed E-state index contributed by atoms with van der Waals surface area (Å²) >= 11 is 0. The fourth-order valence-corrected chi connectivity index (χ4v) is 2.66. The molecular weight excluding hydrogens is 270 g/mol. The number of rotatable bonds is 3. The lowest BCUT2D eigenvalue weighted by Crippen LogP contribution is -2.43. The second kappa shape index (κ2) is 4.96. The predicted molar refractivity (Wildman–Crippen MR) is 74.6 cm³/mol. The summed E-state index contributed by atoms with van der Waals surface area (Å²) in [5.41, 5.74) is 1.73. The van der Waals surface area contributed by atoms with Crippen molar-refractivity contribution in [1.29, 1.82) is 0 Å². The average molecular weight is 285 g/mol. The average Bonchev–Trinajstić information content (AvgIpc) is 3.16. The summed E-state index contributed by atoms with van der Waals surface area (Å²) in [7, 11) is 0. The molecule has 0 aliphatic carbocycles. The number of benzene rings is 1. The summed E-state index contributed by atoms with van der Waals surface area (Å²) in [6.45, 7) is 1.52. The first-order valence-corrected chi connectivity index (χ1v) is 7.17. The van der Waals surface area contributed by atoms with Gasteiger partial charge in [-0.2, -0.15) is 4.98 Å². The molecule has 2 aliphatic rings. The van der Waals surface area contributed by atoms with Crippen molar-refractivity contribution in [2.24, 2.45) is 0 Å². The van der Waals surface area contributed by atoms with Gasteiger partial charge in [-0.3, -0.25) is 4.79 Å². The van der Waals surface area contributed by atoms with Crippen molar-refractivity contribution >= 4 is 11.6 Å². The Balaban J connectivity index is 1.61. The van der Waals surface area contributed by atoms with Gasteiger partial charge in [0, 0.05) is 30.8 Å². The van der Waals surface area contributed by atoms with Crippen LogP contribution in [-0.4, -0.2) is 29.2 Å². The number of nitrogens with zero attached hydrogens (tertiary/aromatic N) is 3. The largest absolute Gasteiger partial charge is 0.368 e. The topological polar surface area (TPSA) is 68.5 Å². The van der Waals surface area contributed by atoms with Gasteiger partial charge in [0.2, 0.25) is 11.7 Å². The third kappa shape index (κ3) is 2.21. The fraction of sp³-hybridized carbons (Fsp3) is 0.400. The van der Waals surface area contributed by atoms with Crippen molar-refractivity contribution in [2.45, 2.75) is 25.4 Å². The highest BCUT2D eigenvalue weighted by molar-refractivity contribution is 5.99. The lowest BCUT2D eigenvalue weighted by Gasteiger charge is -2.30. The van der Waals surface area contributed by atoms with E-state index in [2.05, 4.69) is 10.1 Å². The number of hydrogen-bond donors (Lipinski definition) is 0. The van der Waals surface area contributed by atoms with Gasteiger partial charge >= 0.3 is 0 Å². The van der Waals surface area contributed by atoms with Crippen molar-refractivity contribution in [3.05, 3.63) is 30.2 Å². The molecule has 3 heterocycles. The predicted octanol–water partition coefficient (Wildman–Crippen LogP) is 2.32. The molecule has 0 radical (unpaired) electrons. The summed E-state index contributed by atoms with van der Waals surface area (Å²) < 4.78 is 10.8. The van der Waals surface area contributed by atoms with Crippen LogP contribution in [-0.2, 0) is 9.53 Å². The Morgan fingerprint density at radius 1 is 1.33 bits per heavy atom. The van der Waals surface area contributed by atoms with Crippen LogP contribution in [0.2, 0.25) is 0 Å². The van der Waals surface area contributed by atoms with Crippen molar-refractivity contribution in [3.63, 3.8) is 0 Å². The summed E-state index contributed by atoms with van der Waals surface area (Å²) in [5.74, 6) is 1.23. The van der Waals surface area contributed by atoms with E-state index < -0.39 is 0 Å². The molecule has 2 saturated heterocycles. The normalized spacial score (nSPS) is 21.6. The minimum Gasteiger partial charge on any atom is -0.368 e. The molecule has 1 aromatic carbocycles. The molecule has 1 aromatic heterocycles. The minimum atomic E-state index is -0.0774. The quantitative estimate of drug-likeness (QED) is 0.809. The molecule has 0 N–H and O–H groups in total. The summed E-state index contributed by atoms with van der Waals surface area (Å²) in [4.78, 5) is 17.7. The zero-order chi connectivity index (χ0) is 14.2. The van der Waals surface area contributed by atoms with Gasteiger partial charge in [-0.25, -0.2) is 0 Å². The van der Waals surface area contributed by atoms with Crippen LogP contribution in [0, 0.1) is 0 Å². The molecule has 6 heteroatoms. The SMILES string of the molecule is O=C1CCN1c1cccc(-c2noc(C3CCCO3)n2)c1. The zero-order valence-electron chi connectivity index (χ0n) is 11.5. The lowest BCUT2D eigenvalue weighted by atomic mass is 10.1. The van der Waals surface area contributed by atoms with Crippen molar-refractivity contribution in [3.8, 4) is 11.4 Å². The van der Waals surface area contributed by atoms with E-state index in [1.807, 2.05) is 24.3 Å². The molecule has 2 fully saturated rings. The van der Waals surface area contributed by atoms with E-state index in [0.29, 0.717) is 18.1 Å². The Morgan fingerprint density at radius 3 is 3.00 bits per heavy atom. The number of carbonyl (C=O) groups is 1. The maximum Gasteiger partial charge on any atom is 0.256 e. The highest BCUT2D eigenvalue weighted by atomic mass is 16.5. The number of hydrogen-bond acceptors (Lipinski definition) is 5. The minimum absolute atomic E-state index is 0.0774. The first-order chi connectivity index (χ1) is 10.3. The second-order valence-electron chi connectivity index (χ2n) is 5.30. The van der Waals surface area contributed by atoms with Gasteiger partial charge in [0.05, 0.1) is 0 Å². The molecule has 21 heavy (non-hydrogen) atoms. The van der Waals surface area contributed by atoms with E-state index in [1.54, 1.807) is 4.90 Å². The van der Waals surface area contributed by atoms with Crippen LogP contribution in [0.4, 0.5) is 5.69 Å². The van der Waals surface area contributed by atoms with E-state index in [1.165, 1.54) is 0 Å². The Bertz CT molecular complexity index is 676. The molecule has 2 aliphatic heterocycles. The van der Waals surface area contributed by atoms with Crippen LogP contribution in [0.15, 0.2) is 28.8 Å². The number of aromatic nitrogens is 2. The summed E-state index contributed by atoms with van der Waals surface area (Å²) in [6.07, 6.45) is 2.49. The van der Waals surface area contributed by atoms with Gasteiger partial charge in [-0.15, -0.1) is 0 Å². The molecule has 2 aromatic rings. The standard InChI is InChI=1S/C15H15N3O3/c19-13-6-7-18(13)11-4-1-3-10(9-11)14-16-15(21-17-14)12-5-2-8-20-12/h1,3-4,9,12H,2,5-8H2. The summed E-state index contributed by atoms with van der Waals surface area (Å²) in [6, 6.07) is 7.65. The third-order valence-electron chi connectivity index (χ3n) is 3.91. The smallest absolute Gasteiger partial charge is 0.256 e. The highest BCUT2D eigenvalue weighted by Gasteiger charge is 2.26. The van der Waals surface area contributed by atoms with Crippen LogP contribution < -0.4 is 4.90 Å². The Morgan fingerprint density at radius 2 is 2.29 bits per heavy atom. The van der Waals surface area contributed by atoms with Gasteiger partial charge in [-0.1, -0.05) is 17.3 Å². The molecule has 1 unspecified atom stereocenters. The molecule has 4 rings (SSSR count). The number of carbonyl (C=O) groups excluding carboxylic acids is 1. The molecular formula is C15H15N3O3. The van der Waals surface area contributed by atoms with E-state index in [9.17, 15) is 4.79 Å². The van der Waals surface area contributed by atoms with E-state index >= 15 is 0 Å². The van der Waals surface area contributed by atoms with E-state index in [0.717, 1.165) is 37.2 Å². The molecule has 1 amide bonds. The van der Waals surface area contributed by atoms with E-state index in [4.69, 9.17) is 9.26 Å². The third-order valence-corrected chi connectivity index (χ3v) is 3.91. The van der Waals surface area contributed by atoms with Crippen LogP contribution >= 0.6 is 0 Å². The first kappa shape index (κ1) is 12.5. The van der Waals surface area contributed by atoms with Crippen molar-refractivity contribution in [2.75, 3.05) is 18.1 Å². The van der Waals surface area contributed by atoms with Gasteiger partial charge < -0.3 is 14.2 Å². The van der Waals surface area contributed by atoms with E-state index in [-0.39, 0.29) is 12.0 Å². The van der Waals surface area contributed by atoms with Gasteiger partial charge in [0.15, 0.2) is 0 Å². The number of ether oxygens (including phenoxy) is 1. The summed E-state index contributed by atoms with van der Waals surface area (Å²) in [5, 5.41) is 4.02. The van der Waals surface area contributed by atoms with Gasteiger partial charge in [0.25, 0.3) is 5.89 Å². The zero-order valence-corrected chi connectivity index (χ0v) is 11.5. The van der Waals surface area contributed by atoms with Crippen molar-refractivity contribution in [1.82, 2.24) is 10.1 Å². The molecule has 1 atom stereocenters. The highest BCUT2D eigenvalue weighted by Crippen LogP contribution is 2.30. The molecule has 0 saturated carbocycles. The fourth-order valence-electron chi connectivity index (χ4n) is 2.66. The molecule has 108 valence electrons. The number of amides is 1. The van der Waals surface area contributed by atoms with Crippen molar-refractivity contribution < 1.29 is 14.1 Å². The molecule has 0 bridgehead atoms. The Hall–Kier alpha value is -2.21.